The second kappa shape index (κ2) is 6.51. The van der Waals surface area contributed by atoms with Crippen molar-refractivity contribution in [3.8, 4) is 0 Å². The lowest BCUT2D eigenvalue weighted by Crippen LogP contribution is -2.17. The van der Waals surface area contributed by atoms with Crippen molar-refractivity contribution < 1.29 is 4.79 Å². The van der Waals surface area contributed by atoms with Gasteiger partial charge in [-0.25, -0.2) is 0 Å². The van der Waals surface area contributed by atoms with Crippen molar-refractivity contribution in [3.63, 3.8) is 0 Å². The van der Waals surface area contributed by atoms with Crippen LogP contribution in [-0.4, -0.2) is 20.1 Å². The first-order valence-electron chi connectivity index (χ1n) is 6.40. The Kier molecular flexibility index (Phi) is 4.47. The molecule has 0 saturated carbocycles. The van der Waals surface area contributed by atoms with Crippen LogP contribution in [0.1, 0.15) is 20.9 Å². The number of thiazole rings is 1. The number of rotatable bonds is 3. The van der Waals surface area contributed by atoms with Crippen molar-refractivity contribution in [1.29, 1.82) is 0 Å². The van der Waals surface area contributed by atoms with Crippen molar-refractivity contribution in [2.45, 2.75) is 13.5 Å². The molecule has 2 aromatic heterocycles. The zero-order chi connectivity index (χ0) is 15.5. The quantitative estimate of drug-likeness (QED) is 0.729. The molecule has 0 radical (unpaired) electrons. The third-order valence-corrected chi connectivity index (χ3v) is 4.98. The maximum atomic E-state index is 12.2. The summed E-state index contributed by atoms with van der Waals surface area (Å²) < 4.78 is 5.66. The van der Waals surface area contributed by atoms with Crippen LogP contribution < -0.4 is 4.80 Å². The first-order valence-corrected chi connectivity index (χ1v) is 8.43. The molecule has 0 aliphatic rings. The lowest BCUT2D eigenvalue weighted by Gasteiger charge is -2.05. The van der Waals surface area contributed by atoms with E-state index in [1.54, 1.807) is 6.92 Å². The number of carbonyl (C=O) groups excluding carboxylic acids is 1. The van der Waals surface area contributed by atoms with Gasteiger partial charge in [0.25, 0.3) is 5.91 Å². The van der Waals surface area contributed by atoms with Gasteiger partial charge in [-0.3, -0.25) is 4.79 Å². The van der Waals surface area contributed by atoms with Gasteiger partial charge < -0.3 is 4.57 Å². The molecular weight excluding hydrogens is 340 g/mol. The number of aromatic nitrogens is 3. The van der Waals surface area contributed by atoms with Gasteiger partial charge in [0.05, 0.1) is 12.2 Å². The van der Waals surface area contributed by atoms with Crippen molar-refractivity contribution >= 4 is 40.4 Å². The predicted molar refractivity (Wildman–Crippen MR) is 87.4 cm³/mol. The minimum absolute atomic E-state index is 0.317. The number of halogens is 1. The molecule has 0 unspecified atom stereocenters. The van der Waals surface area contributed by atoms with Gasteiger partial charge in [0, 0.05) is 16.6 Å². The number of carbonyl (C=O) groups is 1. The van der Waals surface area contributed by atoms with Crippen molar-refractivity contribution in [1.82, 2.24) is 14.2 Å². The molecule has 0 spiro atoms. The highest BCUT2D eigenvalue weighted by Gasteiger charge is 2.12. The summed E-state index contributed by atoms with van der Waals surface area (Å²) in [6.07, 6.45) is 1.89. The summed E-state index contributed by atoms with van der Waals surface area (Å²) in [6, 6.07) is 7.62. The summed E-state index contributed by atoms with van der Waals surface area (Å²) in [7, 11) is 0. The number of hydrogen-bond donors (Lipinski definition) is 0. The molecule has 0 fully saturated rings. The van der Waals surface area contributed by atoms with Gasteiger partial charge in [-0.15, -0.1) is 16.4 Å². The molecule has 3 rings (SSSR count). The number of aryl methyl sites for hydroxylation is 1. The van der Waals surface area contributed by atoms with E-state index in [1.165, 1.54) is 11.3 Å². The van der Waals surface area contributed by atoms with Crippen molar-refractivity contribution in [3.05, 3.63) is 61.8 Å². The first-order chi connectivity index (χ1) is 10.6. The molecule has 0 N–H and O–H groups in total. The van der Waals surface area contributed by atoms with E-state index >= 15 is 0 Å². The molecule has 0 saturated heterocycles. The second-order valence-electron chi connectivity index (χ2n) is 4.51. The predicted octanol–water partition coefficient (Wildman–Crippen LogP) is 3.15. The Bertz CT molecular complexity index is 881. The summed E-state index contributed by atoms with van der Waals surface area (Å²) in [5.41, 5.74) is 1.58. The van der Waals surface area contributed by atoms with Crippen LogP contribution in [0.5, 0.6) is 0 Å². The normalized spacial score (nSPS) is 11.8. The third-order valence-electron chi connectivity index (χ3n) is 3.00. The minimum atomic E-state index is -0.317. The Hall–Kier alpha value is -1.83. The van der Waals surface area contributed by atoms with Gasteiger partial charge in [-0.05, 0) is 30.1 Å². The van der Waals surface area contributed by atoms with Crippen LogP contribution in [-0.2, 0) is 6.54 Å². The zero-order valence-electron chi connectivity index (χ0n) is 11.6. The maximum absolute atomic E-state index is 12.2. The fourth-order valence-electron chi connectivity index (χ4n) is 1.88. The van der Waals surface area contributed by atoms with E-state index in [4.69, 9.17) is 11.6 Å². The number of amides is 1. The monoisotopic (exact) mass is 350 g/mol. The topological polar surface area (TPSA) is 60.1 Å². The first kappa shape index (κ1) is 15.1. The van der Waals surface area contributed by atoms with Crippen molar-refractivity contribution in [2.75, 3.05) is 0 Å². The fourth-order valence-corrected chi connectivity index (χ4v) is 3.35. The molecule has 1 aromatic carbocycles. The molecule has 112 valence electrons. The van der Waals surface area contributed by atoms with Crippen LogP contribution in [0.2, 0.25) is 5.02 Å². The Labute approximate surface area is 139 Å². The van der Waals surface area contributed by atoms with Gasteiger partial charge in [0.2, 0.25) is 0 Å². The average Bonchev–Trinajstić information content (AvgIpc) is 3.11. The van der Waals surface area contributed by atoms with E-state index < -0.39 is 0 Å². The van der Waals surface area contributed by atoms with E-state index in [0.717, 1.165) is 17.1 Å². The van der Waals surface area contributed by atoms with Crippen LogP contribution in [0.4, 0.5) is 0 Å². The second-order valence-corrected chi connectivity index (χ2v) is 6.54. The summed E-state index contributed by atoms with van der Waals surface area (Å²) in [5, 5.41) is 6.42. The minimum Gasteiger partial charge on any atom is -0.319 e. The zero-order valence-corrected chi connectivity index (χ0v) is 14.0. The van der Waals surface area contributed by atoms with Gasteiger partial charge in [0.1, 0.15) is 4.88 Å². The fraction of sp³-hybridized carbons (Fsp3) is 0.143. The van der Waals surface area contributed by atoms with Crippen molar-refractivity contribution in [2.24, 2.45) is 4.99 Å². The molecule has 0 aliphatic heterocycles. The lowest BCUT2D eigenvalue weighted by molar-refractivity contribution is 0.100. The molecule has 0 bridgehead atoms. The van der Waals surface area contributed by atoms with Crippen LogP contribution in [0.25, 0.3) is 0 Å². The third kappa shape index (κ3) is 3.16. The maximum Gasteiger partial charge on any atom is 0.293 e. The largest absolute Gasteiger partial charge is 0.319 e. The van der Waals surface area contributed by atoms with Crippen LogP contribution in [0.15, 0.2) is 40.8 Å². The van der Waals surface area contributed by atoms with E-state index in [1.807, 2.05) is 40.4 Å². The van der Waals surface area contributed by atoms with Gasteiger partial charge >= 0.3 is 0 Å². The Morgan fingerprint density at radius 1 is 1.41 bits per heavy atom. The van der Waals surface area contributed by atoms with E-state index in [9.17, 15) is 4.79 Å². The van der Waals surface area contributed by atoms with Crippen LogP contribution in [0.3, 0.4) is 0 Å². The average molecular weight is 351 g/mol. The van der Waals surface area contributed by atoms with E-state index in [-0.39, 0.29) is 5.91 Å². The molecule has 22 heavy (non-hydrogen) atoms. The summed E-state index contributed by atoms with van der Waals surface area (Å²) in [5.74, 6) is -0.317. The Morgan fingerprint density at radius 2 is 2.23 bits per heavy atom. The highest BCUT2D eigenvalue weighted by molar-refractivity contribution is 7.08. The molecule has 3 aromatic rings. The number of hydrogen-bond acceptors (Lipinski definition) is 5. The van der Waals surface area contributed by atoms with Gasteiger partial charge in [-0.1, -0.05) is 34.3 Å². The van der Waals surface area contributed by atoms with Crippen LogP contribution in [0, 0.1) is 6.92 Å². The SMILES string of the molecule is Cc1nnsc1C(=O)N=c1sccn1Cc1ccccc1Cl. The molecule has 0 aliphatic carbocycles. The molecular formula is C14H11ClN4OS2. The van der Waals surface area contributed by atoms with E-state index in [0.29, 0.717) is 26.9 Å². The number of benzene rings is 1. The summed E-state index contributed by atoms with van der Waals surface area (Å²) in [6.45, 7) is 2.31. The van der Waals surface area contributed by atoms with Gasteiger partial charge in [0.15, 0.2) is 4.80 Å². The molecule has 8 heteroatoms. The smallest absolute Gasteiger partial charge is 0.293 e. The summed E-state index contributed by atoms with van der Waals surface area (Å²) in [4.78, 5) is 17.5. The Morgan fingerprint density at radius 3 is 2.95 bits per heavy atom. The van der Waals surface area contributed by atoms with E-state index in [2.05, 4.69) is 14.6 Å². The van der Waals surface area contributed by atoms with Gasteiger partial charge in [-0.2, -0.15) is 4.99 Å². The lowest BCUT2D eigenvalue weighted by atomic mass is 10.2. The molecule has 5 nitrogen and oxygen atoms in total. The van der Waals surface area contributed by atoms with Crippen LogP contribution >= 0.6 is 34.5 Å². The highest BCUT2D eigenvalue weighted by atomic mass is 35.5. The molecule has 1 amide bonds. The molecule has 2 heterocycles. The molecule has 0 atom stereocenters. The standard InChI is InChI=1S/C14H11ClN4OS2/c1-9-12(22-18-17-9)13(20)16-14-19(6-7-21-14)8-10-4-2-3-5-11(10)15/h2-7H,8H2,1H3. The number of nitrogens with zero attached hydrogens (tertiary/aromatic N) is 4. The summed E-state index contributed by atoms with van der Waals surface area (Å²) >= 11 is 8.64. The Balaban J connectivity index is 1.92. The highest BCUT2D eigenvalue weighted by Crippen LogP contribution is 2.16.